The van der Waals surface area contributed by atoms with Crippen LogP contribution in [0.1, 0.15) is 18.1 Å². The Labute approximate surface area is 153 Å². The molecule has 0 aromatic heterocycles. The number of nitrogens with one attached hydrogen (secondary N) is 2. The van der Waals surface area contributed by atoms with E-state index in [2.05, 4.69) is 28.8 Å². The molecule has 3 aromatic rings. The highest BCUT2D eigenvalue weighted by molar-refractivity contribution is 5.88. The summed E-state index contributed by atoms with van der Waals surface area (Å²) in [5.41, 5.74) is 4.07. The first-order valence-corrected chi connectivity index (χ1v) is 8.56. The molecule has 0 aliphatic rings. The van der Waals surface area contributed by atoms with E-state index in [9.17, 15) is 4.79 Å². The van der Waals surface area contributed by atoms with Crippen molar-refractivity contribution in [2.75, 3.05) is 10.6 Å². The number of carbonyl (C=O) groups is 1. The molecule has 4 heteroatoms. The van der Waals surface area contributed by atoms with Crippen molar-refractivity contribution in [1.82, 2.24) is 0 Å². The summed E-state index contributed by atoms with van der Waals surface area (Å²) in [7, 11) is 0. The van der Waals surface area contributed by atoms with Crippen molar-refractivity contribution in [3.8, 4) is 5.75 Å². The molecular formula is C22H22N2O2. The lowest BCUT2D eigenvalue weighted by molar-refractivity contribution is -0.114. The fourth-order valence-electron chi connectivity index (χ4n) is 2.56. The summed E-state index contributed by atoms with van der Waals surface area (Å²) in [6, 6.07) is 25.8. The van der Waals surface area contributed by atoms with E-state index < -0.39 is 0 Å². The van der Waals surface area contributed by atoms with Gasteiger partial charge in [-0.3, -0.25) is 4.79 Å². The number of amides is 1. The minimum atomic E-state index is -0.0713. The van der Waals surface area contributed by atoms with Crippen LogP contribution in [0.4, 0.5) is 11.4 Å². The third kappa shape index (κ3) is 5.38. The van der Waals surface area contributed by atoms with Crippen LogP contribution in [-0.4, -0.2) is 5.91 Å². The molecule has 0 bridgehead atoms. The Morgan fingerprint density at radius 3 is 2.27 bits per heavy atom. The van der Waals surface area contributed by atoms with Gasteiger partial charge in [0.05, 0.1) is 0 Å². The molecule has 0 unspecified atom stereocenters. The van der Waals surface area contributed by atoms with Crippen LogP contribution in [0.5, 0.6) is 5.75 Å². The zero-order chi connectivity index (χ0) is 18.2. The topological polar surface area (TPSA) is 50.4 Å². The van der Waals surface area contributed by atoms with E-state index in [4.69, 9.17) is 4.74 Å². The van der Waals surface area contributed by atoms with Crippen molar-refractivity contribution in [3.63, 3.8) is 0 Å². The Kier molecular flexibility index (Phi) is 5.88. The third-order valence-electron chi connectivity index (χ3n) is 3.85. The molecule has 3 aromatic carbocycles. The van der Waals surface area contributed by atoms with Crippen LogP contribution in [0.15, 0.2) is 78.9 Å². The SMILES string of the molecule is CC(=O)Nc1ccc(NCc2cccc(OCc3ccccc3)c2)cc1. The molecule has 0 aliphatic heterocycles. The van der Waals surface area contributed by atoms with E-state index in [-0.39, 0.29) is 5.91 Å². The largest absolute Gasteiger partial charge is 0.489 e. The number of hydrogen-bond donors (Lipinski definition) is 2. The van der Waals surface area contributed by atoms with Gasteiger partial charge in [-0.1, -0.05) is 42.5 Å². The second-order valence-electron chi connectivity index (χ2n) is 6.03. The highest BCUT2D eigenvalue weighted by Gasteiger charge is 2.00. The molecular weight excluding hydrogens is 324 g/mol. The first-order chi connectivity index (χ1) is 12.7. The summed E-state index contributed by atoms with van der Waals surface area (Å²) in [6.07, 6.45) is 0. The van der Waals surface area contributed by atoms with E-state index >= 15 is 0 Å². The van der Waals surface area contributed by atoms with Crippen LogP contribution >= 0.6 is 0 Å². The van der Waals surface area contributed by atoms with Crippen molar-refractivity contribution in [2.45, 2.75) is 20.1 Å². The average molecular weight is 346 g/mol. The zero-order valence-electron chi connectivity index (χ0n) is 14.7. The van der Waals surface area contributed by atoms with Gasteiger partial charge in [-0.05, 0) is 47.5 Å². The van der Waals surface area contributed by atoms with Crippen LogP contribution < -0.4 is 15.4 Å². The van der Waals surface area contributed by atoms with Gasteiger partial charge in [-0.15, -0.1) is 0 Å². The van der Waals surface area contributed by atoms with Gasteiger partial charge in [0.25, 0.3) is 0 Å². The molecule has 0 heterocycles. The number of hydrogen-bond acceptors (Lipinski definition) is 3. The van der Waals surface area contributed by atoms with Crippen molar-refractivity contribution >= 4 is 17.3 Å². The standard InChI is InChI=1S/C22H22N2O2/c1-17(25)24-21-12-10-20(11-13-21)23-15-19-8-5-9-22(14-19)26-16-18-6-3-2-4-7-18/h2-14,23H,15-16H2,1H3,(H,24,25). The predicted octanol–water partition coefficient (Wildman–Crippen LogP) is 4.84. The molecule has 0 aliphatic carbocycles. The van der Waals surface area contributed by atoms with Gasteiger partial charge in [0, 0.05) is 24.8 Å². The van der Waals surface area contributed by atoms with E-state index in [1.165, 1.54) is 6.92 Å². The van der Waals surface area contributed by atoms with Crippen LogP contribution in [0.2, 0.25) is 0 Å². The molecule has 0 saturated carbocycles. The normalized spacial score (nSPS) is 10.2. The maximum Gasteiger partial charge on any atom is 0.221 e. The Morgan fingerprint density at radius 2 is 1.54 bits per heavy atom. The number of benzene rings is 3. The van der Waals surface area contributed by atoms with Crippen molar-refractivity contribution in [1.29, 1.82) is 0 Å². The average Bonchev–Trinajstić information content (AvgIpc) is 2.67. The van der Waals surface area contributed by atoms with Gasteiger partial charge in [0.15, 0.2) is 0 Å². The molecule has 0 radical (unpaired) electrons. The predicted molar refractivity (Wildman–Crippen MR) is 105 cm³/mol. The summed E-state index contributed by atoms with van der Waals surface area (Å²) >= 11 is 0. The monoisotopic (exact) mass is 346 g/mol. The maximum atomic E-state index is 11.0. The Hall–Kier alpha value is -3.27. The Bertz CT molecular complexity index is 846. The van der Waals surface area contributed by atoms with Gasteiger partial charge in [0.2, 0.25) is 5.91 Å². The van der Waals surface area contributed by atoms with Gasteiger partial charge < -0.3 is 15.4 Å². The number of carbonyl (C=O) groups excluding carboxylic acids is 1. The highest BCUT2D eigenvalue weighted by Crippen LogP contribution is 2.18. The molecule has 1 amide bonds. The molecule has 132 valence electrons. The smallest absolute Gasteiger partial charge is 0.221 e. The molecule has 0 saturated heterocycles. The Balaban J connectivity index is 1.54. The first kappa shape index (κ1) is 17.5. The molecule has 26 heavy (non-hydrogen) atoms. The molecule has 3 rings (SSSR count). The first-order valence-electron chi connectivity index (χ1n) is 8.56. The molecule has 2 N–H and O–H groups in total. The quantitative estimate of drug-likeness (QED) is 0.644. The van der Waals surface area contributed by atoms with Crippen LogP contribution in [0.3, 0.4) is 0 Å². The van der Waals surface area contributed by atoms with Gasteiger partial charge in [0.1, 0.15) is 12.4 Å². The molecule has 0 fully saturated rings. The Morgan fingerprint density at radius 1 is 0.846 bits per heavy atom. The summed E-state index contributed by atoms with van der Waals surface area (Å²) in [6.45, 7) is 2.75. The van der Waals surface area contributed by atoms with Crippen LogP contribution in [0, 0.1) is 0 Å². The summed E-state index contributed by atoms with van der Waals surface area (Å²) in [5, 5.41) is 6.13. The lowest BCUT2D eigenvalue weighted by Gasteiger charge is -2.10. The second kappa shape index (κ2) is 8.72. The lowest BCUT2D eigenvalue weighted by Crippen LogP contribution is -2.05. The molecule has 4 nitrogen and oxygen atoms in total. The van der Waals surface area contributed by atoms with Crippen molar-refractivity contribution in [2.24, 2.45) is 0 Å². The number of rotatable bonds is 7. The summed E-state index contributed by atoms with van der Waals surface area (Å²) in [4.78, 5) is 11.0. The lowest BCUT2D eigenvalue weighted by atomic mass is 10.2. The number of ether oxygens (including phenoxy) is 1. The van der Waals surface area contributed by atoms with E-state index in [0.29, 0.717) is 13.2 Å². The van der Waals surface area contributed by atoms with Crippen molar-refractivity contribution in [3.05, 3.63) is 90.0 Å². The second-order valence-corrected chi connectivity index (χ2v) is 6.03. The highest BCUT2D eigenvalue weighted by atomic mass is 16.5. The minimum Gasteiger partial charge on any atom is -0.489 e. The molecule has 0 spiro atoms. The summed E-state index contributed by atoms with van der Waals surface area (Å²) in [5.74, 6) is 0.784. The van der Waals surface area contributed by atoms with Crippen LogP contribution in [-0.2, 0) is 17.9 Å². The summed E-state index contributed by atoms with van der Waals surface area (Å²) < 4.78 is 5.87. The fraction of sp³-hybridized carbons (Fsp3) is 0.136. The van der Waals surface area contributed by atoms with Gasteiger partial charge in [-0.25, -0.2) is 0 Å². The van der Waals surface area contributed by atoms with E-state index in [1.807, 2.05) is 60.7 Å². The fourth-order valence-corrected chi connectivity index (χ4v) is 2.56. The van der Waals surface area contributed by atoms with Gasteiger partial charge in [-0.2, -0.15) is 0 Å². The van der Waals surface area contributed by atoms with E-state index in [1.54, 1.807) is 0 Å². The van der Waals surface area contributed by atoms with Crippen molar-refractivity contribution < 1.29 is 9.53 Å². The maximum absolute atomic E-state index is 11.0. The third-order valence-corrected chi connectivity index (χ3v) is 3.85. The minimum absolute atomic E-state index is 0.0713. The van der Waals surface area contributed by atoms with Gasteiger partial charge >= 0.3 is 0 Å². The van der Waals surface area contributed by atoms with Crippen LogP contribution in [0.25, 0.3) is 0 Å². The molecule has 0 atom stereocenters. The number of anilines is 2. The van der Waals surface area contributed by atoms with E-state index in [0.717, 1.165) is 28.3 Å². The zero-order valence-corrected chi connectivity index (χ0v) is 14.7.